The van der Waals surface area contributed by atoms with E-state index >= 15 is 4.39 Å². The molecule has 6 rings (SSSR count). The Hall–Kier alpha value is -2.38. The van der Waals surface area contributed by atoms with Gasteiger partial charge in [0.2, 0.25) is 0 Å². The number of halogens is 1. The summed E-state index contributed by atoms with van der Waals surface area (Å²) in [5.74, 6) is 0.830. The molecule has 1 unspecified atom stereocenters. The molecule has 3 saturated heterocycles. The average Bonchev–Trinajstić information content (AvgIpc) is 2.85. The van der Waals surface area contributed by atoms with E-state index in [0.29, 0.717) is 25.4 Å². The highest BCUT2D eigenvalue weighted by atomic mass is 19.1. The SMILES string of the molecule is COCc1ccc(-c2ccnc(C3CCC(F)(C(=O)NC4(C)CN5CCC4CC5)CC3)n2)cc1. The lowest BCUT2D eigenvalue weighted by molar-refractivity contribution is -0.140. The maximum absolute atomic E-state index is 15.8. The van der Waals surface area contributed by atoms with Crippen LogP contribution in [0.25, 0.3) is 11.3 Å². The lowest BCUT2D eigenvalue weighted by atomic mass is 9.73. The number of nitrogens with zero attached hydrogens (tertiary/aromatic N) is 3. The number of piperidine rings is 3. The molecule has 1 amide bonds. The van der Waals surface area contributed by atoms with Gasteiger partial charge in [0.1, 0.15) is 5.82 Å². The van der Waals surface area contributed by atoms with E-state index in [-0.39, 0.29) is 24.3 Å². The number of alkyl halides is 1. The van der Waals surface area contributed by atoms with Crippen LogP contribution in [-0.2, 0) is 16.1 Å². The number of benzene rings is 1. The van der Waals surface area contributed by atoms with Crippen molar-refractivity contribution < 1.29 is 13.9 Å². The fourth-order valence-electron chi connectivity index (χ4n) is 6.07. The molecule has 182 valence electrons. The van der Waals surface area contributed by atoms with Crippen LogP contribution in [0, 0.1) is 5.92 Å². The van der Waals surface area contributed by atoms with E-state index in [9.17, 15) is 4.79 Å². The van der Waals surface area contributed by atoms with Crippen LogP contribution in [0.4, 0.5) is 4.39 Å². The highest BCUT2D eigenvalue weighted by Crippen LogP contribution is 2.41. The zero-order chi connectivity index (χ0) is 23.8. The van der Waals surface area contributed by atoms with Crippen LogP contribution >= 0.6 is 0 Å². The van der Waals surface area contributed by atoms with Gasteiger partial charge in [-0.2, -0.15) is 0 Å². The first-order valence-corrected chi connectivity index (χ1v) is 12.5. The van der Waals surface area contributed by atoms with Crippen LogP contribution in [0.15, 0.2) is 36.5 Å². The normalized spacial score (nSPS) is 33.0. The third-order valence-corrected chi connectivity index (χ3v) is 8.22. The van der Waals surface area contributed by atoms with E-state index in [1.165, 1.54) is 0 Å². The van der Waals surface area contributed by atoms with Gasteiger partial charge in [0.25, 0.3) is 5.91 Å². The zero-order valence-corrected chi connectivity index (χ0v) is 20.2. The van der Waals surface area contributed by atoms with Crippen LogP contribution in [0.3, 0.4) is 0 Å². The summed E-state index contributed by atoms with van der Waals surface area (Å²) in [5, 5.41) is 3.14. The second-order valence-electron chi connectivity index (χ2n) is 10.6. The van der Waals surface area contributed by atoms with Crippen LogP contribution < -0.4 is 5.32 Å². The van der Waals surface area contributed by atoms with Gasteiger partial charge in [0, 0.05) is 31.3 Å². The standard InChI is InChI=1S/C27H35FN4O2/c1-26(18-32-15-10-22(26)11-16-32)31-25(33)27(28)12-7-21(8-13-27)24-29-14-9-23(30-24)20-5-3-19(4-6-20)17-34-2/h3-6,9,14,21-22H,7-8,10-13,15-18H2,1-2H3,(H,31,33). The fraction of sp³-hybridized carbons (Fsp3) is 0.593. The van der Waals surface area contributed by atoms with Crippen molar-refractivity contribution in [3.63, 3.8) is 0 Å². The summed E-state index contributed by atoms with van der Waals surface area (Å²) < 4.78 is 21.0. The van der Waals surface area contributed by atoms with Gasteiger partial charge >= 0.3 is 0 Å². The number of hydrogen-bond donors (Lipinski definition) is 1. The van der Waals surface area contributed by atoms with Crippen molar-refractivity contribution in [2.24, 2.45) is 5.92 Å². The summed E-state index contributed by atoms with van der Waals surface area (Å²) in [4.78, 5) is 24.8. The second-order valence-corrected chi connectivity index (χ2v) is 10.6. The highest BCUT2D eigenvalue weighted by molar-refractivity contribution is 5.86. The summed E-state index contributed by atoms with van der Waals surface area (Å²) in [6, 6.07) is 10.0. The zero-order valence-electron chi connectivity index (χ0n) is 20.2. The predicted octanol–water partition coefficient (Wildman–Crippen LogP) is 4.26. The lowest BCUT2D eigenvalue weighted by Crippen LogP contribution is -2.67. The molecule has 7 heteroatoms. The van der Waals surface area contributed by atoms with Crippen LogP contribution in [0.2, 0.25) is 0 Å². The summed E-state index contributed by atoms with van der Waals surface area (Å²) in [6.45, 7) is 5.68. The van der Waals surface area contributed by atoms with Gasteiger partial charge in [-0.1, -0.05) is 24.3 Å². The molecule has 4 heterocycles. The molecule has 34 heavy (non-hydrogen) atoms. The molecule has 0 radical (unpaired) electrons. The smallest absolute Gasteiger partial charge is 0.258 e. The number of carbonyl (C=O) groups excluding carboxylic acids is 1. The minimum Gasteiger partial charge on any atom is -0.380 e. The minimum absolute atomic E-state index is 0.0665. The van der Waals surface area contributed by atoms with Gasteiger partial charge in [-0.15, -0.1) is 0 Å². The lowest BCUT2D eigenvalue weighted by Gasteiger charge is -2.52. The van der Waals surface area contributed by atoms with Crippen molar-refractivity contribution >= 4 is 5.91 Å². The quantitative estimate of drug-likeness (QED) is 0.689. The molecule has 1 N–H and O–H groups in total. The largest absolute Gasteiger partial charge is 0.380 e. The number of nitrogens with one attached hydrogen (secondary N) is 1. The Balaban J connectivity index is 1.22. The Kier molecular flexibility index (Phi) is 6.42. The third kappa shape index (κ3) is 4.60. The number of fused-ring (bicyclic) bond motifs is 3. The van der Waals surface area contributed by atoms with Gasteiger partial charge in [-0.3, -0.25) is 4.79 Å². The average molecular weight is 467 g/mol. The van der Waals surface area contributed by atoms with Crippen molar-refractivity contribution in [3.05, 3.63) is 47.9 Å². The number of ether oxygens (including phenoxy) is 1. The summed E-state index contributed by atoms with van der Waals surface area (Å²) in [7, 11) is 1.68. The van der Waals surface area contributed by atoms with E-state index in [1.54, 1.807) is 13.3 Å². The number of carbonyl (C=O) groups is 1. The molecule has 1 atom stereocenters. The van der Waals surface area contributed by atoms with Crippen LogP contribution in [-0.4, -0.2) is 58.7 Å². The summed E-state index contributed by atoms with van der Waals surface area (Å²) in [6.07, 6.45) is 5.53. The van der Waals surface area contributed by atoms with E-state index < -0.39 is 11.6 Å². The number of hydrogen-bond acceptors (Lipinski definition) is 5. The topological polar surface area (TPSA) is 67.3 Å². The predicted molar refractivity (Wildman–Crippen MR) is 129 cm³/mol. The van der Waals surface area contributed by atoms with Crippen molar-refractivity contribution in [3.8, 4) is 11.3 Å². The highest BCUT2D eigenvalue weighted by Gasteiger charge is 2.49. The summed E-state index contributed by atoms with van der Waals surface area (Å²) >= 11 is 0. The van der Waals surface area contributed by atoms with Crippen molar-refractivity contribution in [2.45, 2.75) is 69.2 Å². The maximum atomic E-state index is 15.8. The third-order valence-electron chi connectivity index (χ3n) is 8.22. The molecule has 2 aromatic rings. The Morgan fingerprint density at radius 1 is 1.15 bits per heavy atom. The molecule has 1 aromatic heterocycles. The van der Waals surface area contributed by atoms with Gasteiger partial charge in [0.15, 0.2) is 5.67 Å². The van der Waals surface area contributed by atoms with E-state index in [0.717, 1.165) is 55.1 Å². The van der Waals surface area contributed by atoms with E-state index in [2.05, 4.69) is 22.1 Å². The number of rotatable bonds is 6. The van der Waals surface area contributed by atoms with E-state index in [4.69, 9.17) is 9.72 Å². The Morgan fingerprint density at radius 2 is 1.85 bits per heavy atom. The van der Waals surface area contributed by atoms with Crippen molar-refractivity contribution in [1.29, 1.82) is 0 Å². The van der Waals surface area contributed by atoms with Gasteiger partial charge in [-0.25, -0.2) is 14.4 Å². The Morgan fingerprint density at radius 3 is 2.47 bits per heavy atom. The first-order chi connectivity index (χ1) is 16.4. The molecule has 4 aliphatic rings. The molecule has 1 saturated carbocycles. The molecule has 1 aliphatic carbocycles. The van der Waals surface area contributed by atoms with E-state index in [1.807, 2.05) is 30.3 Å². The Bertz CT molecular complexity index is 1010. The minimum atomic E-state index is -1.81. The summed E-state index contributed by atoms with van der Waals surface area (Å²) in [5.41, 5.74) is 0.862. The van der Waals surface area contributed by atoms with Gasteiger partial charge < -0.3 is 15.0 Å². The van der Waals surface area contributed by atoms with Crippen LogP contribution in [0.5, 0.6) is 0 Å². The van der Waals surface area contributed by atoms with Crippen molar-refractivity contribution in [2.75, 3.05) is 26.7 Å². The molecule has 6 nitrogen and oxygen atoms in total. The van der Waals surface area contributed by atoms with Gasteiger partial charge in [-0.05, 0) is 76.1 Å². The molecule has 3 aliphatic heterocycles. The molecule has 1 aromatic carbocycles. The van der Waals surface area contributed by atoms with Crippen molar-refractivity contribution in [1.82, 2.24) is 20.2 Å². The first-order valence-electron chi connectivity index (χ1n) is 12.5. The number of aromatic nitrogens is 2. The molecular weight excluding hydrogens is 431 g/mol. The number of amides is 1. The van der Waals surface area contributed by atoms with Crippen LogP contribution in [0.1, 0.15) is 62.8 Å². The molecule has 4 fully saturated rings. The second kappa shape index (κ2) is 9.34. The fourth-order valence-corrected chi connectivity index (χ4v) is 6.07. The maximum Gasteiger partial charge on any atom is 0.258 e. The first kappa shape index (κ1) is 23.4. The molecule has 0 spiro atoms. The Labute approximate surface area is 201 Å². The van der Waals surface area contributed by atoms with Gasteiger partial charge in [0.05, 0.1) is 17.8 Å². The molecular formula is C27H35FN4O2. The number of methoxy groups -OCH3 is 1. The molecule has 2 bridgehead atoms. The monoisotopic (exact) mass is 466 g/mol.